The summed E-state index contributed by atoms with van der Waals surface area (Å²) in [7, 11) is 0. The maximum Gasteiger partial charge on any atom is 0.307 e. The lowest BCUT2D eigenvalue weighted by atomic mass is 9.85. The fourth-order valence-electron chi connectivity index (χ4n) is 1.80. The van der Waals surface area contributed by atoms with Crippen LogP contribution >= 0.6 is 0 Å². The van der Waals surface area contributed by atoms with E-state index in [1.54, 1.807) is 0 Å². The van der Waals surface area contributed by atoms with Crippen LogP contribution in [0.5, 0.6) is 0 Å². The van der Waals surface area contributed by atoms with Crippen molar-refractivity contribution in [2.45, 2.75) is 19.3 Å². The summed E-state index contributed by atoms with van der Waals surface area (Å²) >= 11 is 0. The van der Waals surface area contributed by atoms with Gasteiger partial charge in [-0.3, -0.25) is 4.79 Å². The van der Waals surface area contributed by atoms with Crippen molar-refractivity contribution in [3.8, 4) is 0 Å². The molecule has 0 aliphatic rings. The molecule has 0 amide bonds. The number of aliphatic carboxylic acids is 1. The Kier molecular flexibility index (Phi) is 4.31. The molecule has 0 heterocycles. The highest BCUT2D eigenvalue weighted by atomic mass is 16.4. The van der Waals surface area contributed by atoms with Crippen molar-refractivity contribution in [2.75, 3.05) is 6.61 Å². The van der Waals surface area contributed by atoms with E-state index >= 15 is 0 Å². The summed E-state index contributed by atoms with van der Waals surface area (Å²) in [5.41, 5.74) is 0.884. The molecule has 1 aromatic rings. The summed E-state index contributed by atoms with van der Waals surface area (Å²) in [6.45, 7) is 1.69. The second-order valence-electron chi connectivity index (χ2n) is 3.55. The van der Waals surface area contributed by atoms with Gasteiger partial charge in [-0.15, -0.1) is 0 Å². The van der Waals surface area contributed by atoms with E-state index in [-0.39, 0.29) is 12.5 Å². The number of benzene rings is 1. The van der Waals surface area contributed by atoms with Crippen molar-refractivity contribution in [3.63, 3.8) is 0 Å². The zero-order valence-electron chi connectivity index (χ0n) is 8.76. The van der Waals surface area contributed by atoms with Crippen molar-refractivity contribution >= 4 is 5.97 Å². The summed E-state index contributed by atoms with van der Waals surface area (Å²) in [5.74, 6) is -1.67. The predicted molar refractivity (Wildman–Crippen MR) is 57.7 cm³/mol. The van der Waals surface area contributed by atoms with Crippen molar-refractivity contribution in [1.29, 1.82) is 0 Å². The van der Waals surface area contributed by atoms with Crippen LogP contribution in [0.15, 0.2) is 30.3 Å². The van der Waals surface area contributed by atoms with Crippen LogP contribution in [-0.4, -0.2) is 22.8 Å². The van der Waals surface area contributed by atoms with Gasteiger partial charge in [-0.1, -0.05) is 37.3 Å². The van der Waals surface area contributed by atoms with Gasteiger partial charge in [0.2, 0.25) is 0 Å². The first-order chi connectivity index (χ1) is 7.20. The molecule has 0 saturated carbocycles. The zero-order chi connectivity index (χ0) is 11.3. The molecule has 0 spiro atoms. The van der Waals surface area contributed by atoms with Crippen LogP contribution in [0.1, 0.15) is 24.8 Å². The Balaban J connectivity index is 2.92. The second kappa shape index (κ2) is 5.51. The maximum atomic E-state index is 11.0. The van der Waals surface area contributed by atoms with Crippen LogP contribution in [0.3, 0.4) is 0 Å². The molecule has 1 rings (SSSR count). The number of hydrogen-bond donors (Lipinski definition) is 2. The summed E-state index contributed by atoms with van der Waals surface area (Å²) in [5, 5.41) is 18.3. The highest BCUT2D eigenvalue weighted by Gasteiger charge is 2.26. The average Bonchev–Trinajstić information content (AvgIpc) is 2.26. The normalized spacial score (nSPS) is 14.5. The average molecular weight is 208 g/mol. The molecule has 0 fully saturated rings. The molecule has 0 saturated heterocycles. The molecular weight excluding hydrogens is 192 g/mol. The highest BCUT2D eigenvalue weighted by molar-refractivity contribution is 5.71. The number of hydrogen-bond acceptors (Lipinski definition) is 2. The summed E-state index contributed by atoms with van der Waals surface area (Å²) < 4.78 is 0. The third-order valence-electron chi connectivity index (χ3n) is 2.67. The van der Waals surface area contributed by atoms with Crippen LogP contribution in [0.25, 0.3) is 0 Å². The largest absolute Gasteiger partial charge is 0.481 e. The van der Waals surface area contributed by atoms with Gasteiger partial charge in [-0.25, -0.2) is 0 Å². The fraction of sp³-hybridized carbons (Fsp3) is 0.417. The fourth-order valence-corrected chi connectivity index (χ4v) is 1.80. The summed E-state index contributed by atoms with van der Waals surface area (Å²) in [6.07, 6.45) is 0.523. The van der Waals surface area contributed by atoms with Crippen LogP contribution in [-0.2, 0) is 4.79 Å². The molecule has 1 aromatic carbocycles. The number of aliphatic hydroxyl groups excluding tert-OH is 1. The number of rotatable bonds is 5. The van der Waals surface area contributed by atoms with Gasteiger partial charge in [-0.05, 0) is 12.0 Å². The van der Waals surface area contributed by atoms with Gasteiger partial charge in [0.25, 0.3) is 0 Å². The Morgan fingerprint density at radius 2 is 1.93 bits per heavy atom. The Morgan fingerprint density at radius 1 is 1.33 bits per heavy atom. The monoisotopic (exact) mass is 208 g/mol. The Labute approximate surface area is 89.4 Å². The molecule has 3 heteroatoms. The van der Waals surface area contributed by atoms with Crippen LogP contribution in [0, 0.1) is 5.92 Å². The minimum absolute atomic E-state index is 0.130. The van der Waals surface area contributed by atoms with E-state index in [1.807, 2.05) is 37.3 Å². The smallest absolute Gasteiger partial charge is 0.307 e. The lowest BCUT2D eigenvalue weighted by Gasteiger charge is -2.21. The maximum absolute atomic E-state index is 11.0. The Hall–Kier alpha value is -1.35. The number of carboxylic acids is 1. The van der Waals surface area contributed by atoms with Crippen molar-refractivity contribution < 1.29 is 15.0 Å². The predicted octanol–water partition coefficient (Wildman–Crippen LogP) is 1.87. The van der Waals surface area contributed by atoms with E-state index in [1.165, 1.54) is 0 Å². The summed E-state index contributed by atoms with van der Waals surface area (Å²) in [6, 6.07) is 9.29. The minimum atomic E-state index is -0.847. The SMILES string of the molecule is CCC(C(=O)O)C(CO)c1ccccc1. The number of aliphatic hydroxyl groups is 1. The van der Waals surface area contributed by atoms with Gasteiger partial charge in [-0.2, -0.15) is 0 Å². The van der Waals surface area contributed by atoms with Gasteiger partial charge in [0.05, 0.1) is 12.5 Å². The van der Waals surface area contributed by atoms with Gasteiger partial charge in [0, 0.05) is 5.92 Å². The van der Waals surface area contributed by atoms with E-state index in [4.69, 9.17) is 5.11 Å². The van der Waals surface area contributed by atoms with Crippen LogP contribution in [0.2, 0.25) is 0 Å². The number of carbonyl (C=O) groups is 1. The standard InChI is InChI=1S/C12H16O3/c1-2-10(12(14)15)11(8-13)9-6-4-3-5-7-9/h3-7,10-11,13H,2,8H2,1H3,(H,14,15). The third kappa shape index (κ3) is 2.80. The topological polar surface area (TPSA) is 57.5 Å². The minimum Gasteiger partial charge on any atom is -0.481 e. The zero-order valence-corrected chi connectivity index (χ0v) is 8.76. The molecular formula is C12H16O3. The van der Waals surface area contributed by atoms with Crippen molar-refractivity contribution in [2.24, 2.45) is 5.92 Å². The van der Waals surface area contributed by atoms with Crippen LogP contribution < -0.4 is 0 Å². The molecule has 0 aliphatic carbocycles. The summed E-state index contributed by atoms with van der Waals surface area (Å²) in [4.78, 5) is 11.0. The molecule has 2 atom stereocenters. The number of carboxylic acid groups (broad SMARTS) is 1. The molecule has 0 aliphatic heterocycles. The van der Waals surface area contributed by atoms with Gasteiger partial charge in [0.1, 0.15) is 0 Å². The van der Waals surface area contributed by atoms with Gasteiger partial charge >= 0.3 is 5.97 Å². The van der Waals surface area contributed by atoms with Gasteiger partial charge in [0.15, 0.2) is 0 Å². The molecule has 0 bridgehead atoms. The second-order valence-corrected chi connectivity index (χ2v) is 3.55. The quantitative estimate of drug-likeness (QED) is 0.776. The molecule has 2 unspecified atom stereocenters. The molecule has 82 valence electrons. The first kappa shape index (κ1) is 11.7. The third-order valence-corrected chi connectivity index (χ3v) is 2.67. The molecule has 0 radical (unpaired) electrons. The Bertz CT molecular complexity index is 308. The molecule has 15 heavy (non-hydrogen) atoms. The van der Waals surface area contributed by atoms with E-state index in [0.29, 0.717) is 6.42 Å². The first-order valence-electron chi connectivity index (χ1n) is 5.09. The van der Waals surface area contributed by atoms with Crippen molar-refractivity contribution in [1.82, 2.24) is 0 Å². The van der Waals surface area contributed by atoms with E-state index in [2.05, 4.69) is 0 Å². The Morgan fingerprint density at radius 3 is 2.33 bits per heavy atom. The van der Waals surface area contributed by atoms with E-state index < -0.39 is 11.9 Å². The first-order valence-corrected chi connectivity index (χ1v) is 5.09. The van der Waals surface area contributed by atoms with Gasteiger partial charge < -0.3 is 10.2 Å². The lowest BCUT2D eigenvalue weighted by Crippen LogP contribution is -2.24. The molecule has 2 N–H and O–H groups in total. The molecule has 0 aromatic heterocycles. The van der Waals surface area contributed by atoms with Crippen LogP contribution in [0.4, 0.5) is 0 Å². The highest BCUT2D eigenvalue weighted by Crippen LogP contribution is 2.26. The van der Waals surface area contributed by atoms with E-state index in [9.17, 15) is 9.90 Å². The van der Waals surface area contributed by atoms with E-state index in [0.717, 1.165) is 5.56 Å². The van der Waals surface area contributed by atoms with Crippen molar-refractivity contribution in [3.05, 3.63) is 35.9 Å². The molecule has 3 nitrogen and oxygen atoms in total. The lowest BCUT2D eigenvalue weighted by molar-refractivity contribution is -0.143.